The van der Waals surface area contributed by atoms with Crippen LogP contribution in [0.3, 0.4) is 0 Å². The Kier molecular flexibility index (Phi) is 4.70. The van der Waals surface area contributed by atoms with E-state index in [4.69, 9.17) is 4.52 Å². The van der Waals surface area contributed by atoms with Crippen molar-refractivity contribution in [1.29, 1.82) is 0 Å². The molecule has 2 aliphatic carbocycles. The number of alkyl halides is 2. The summed E-state index contributed by atoms with van der Waals surface area (Å²) in [6.45, 7) is 1.78. The second-order valence-electron chi connectivity index (χ2n) is 9.29. The molecule has 3 atom stereocenters. The van der Waals surface area contributed by atoms with Crippen LogP contribution in [-0.2, 0) is 19.9 Å². The molecular weight excluding hydrogens is 430 g/mol. The van der Waals surface area contributed by atoms with Gasteiger partial charge < -0.3 is 19.3 Å². The quantitative estimate of drug-likeness (QED) is 0.615. The van der Waals surface area contributed by atoms with Gasteiger partial charge in [-0.2, -0.15) is 0 Å². The summed E-state index contributed by atoms with van der Waals surface area (Å²) in [6.07, 6.45) is 2.01. The first-order chi connectivity index (χ1) is 16.0. The van der Waals surface area contributed by atoms with E-state index in [1.165, 1.54) is 12.5 Å². The van der Waals surface area contributed by atoms with Crippen LogP contribution in [0.15, 0.2) is 29.0 Å². The third-order valence-electron chi connectivity index (χ3n) is 7.06. The van der Waals surface area contributed by atoms with E-state index >= 15 is 0 Å². The van der Waals surface area contributed by atoms with Gasteiger partial charge in [-0.3, -0.25) is 4.79 Å². The molecule has 1 saturated heterocycles. The minimum atomic E-state index is -2.69. The highest BCUT2D eigenvalue weighted by atomic mass is 19.3. The lowest BCUT2D eigenvalue weighted by Crippen LogP contribution is -2.27. The highest BCUT2D eigenvalue weighted by Gasteiger charge is 2.45. The van der Waals surface area contributed by atoms with Crippen LogP contribution in [0.1, 0.15) is 64.2 Å². The predicted octanol–water partition coefficient (Wildman–Crippen LogP) is 3.20. The lowest BCUT2D eigenvalue weighted by Gasteiger charge is -2.20. The van der Waals surface area contributed by atoms with Crippen LogP contribution < -0.4 is 10.2 Å². The Bertz CT molecular complexity index is 1210. The van der Waals surface area contributed by atoms with E-state index in [0.29, 0.717) is 28.9 Å². The van der Waals surface area contributed by atoms with E-state index in [1.807, 2.05) is 11.6 Å². The number of piperidine rings is 1. The van der Waals surface area contributed by atoms with Gasteiger partial charge in [0.2, 0.25) is 5.76 Å². The number of carbonyl (C=O) groups is 1. The first kappa shape index (κ1) is 20.3. The molecule has 1 N–H and O–H groups in total. The van der Waals surface area contributed by atoms with Crippen molar-refractivity contribution >= 4 is 11.7 Å². The van der Waals surface area contributed by atoms with Gasteiger partial charge in [-0.25, -0.2) is 18.7 Å². The molecule has 3 aliphatic rings. The average molecular weight is 454 g/mol. The number of amides is 1. The van der Waals surface area contributed by atoms with Crippen molar-refractivity contribution in [3.05, 3.63) is 58.6 Å². The summed E-state index contributed by atoms with van der Waals surface area (Å²) in [5.74, 6) is 1.64. The number of aromatic nitrogens is 4. The number of anilines is 1. The zero-order valence-electron chi connectivity index (χ0n) is 18.2. The highest BCUT2D eigenvalue weighted by molar-refractivity contribution is 5.91. The number of pyridine rings is 1. The van der Waals surface area contributed by atoms with Crippen molar-refractivity contribution in [2.45, 2.75) is 38.2 Å². The minimum absolute atomic E-state index is 0.0499. The second kappa shape index (κ2) is 7.64. The van der Waals surface area contributed by atoms with E-state index < -0.39 is 12.3 Å². The fourth-order valence-corrected chi connectivity index (χ4v) is 5.15. The first-order valence-electron chi connectivity index (χ1n) is 11.3. The van der Waals surface area contributed by atoms with E-state index in [2.05, 4.69) is 25.3 Å². The maximum Gasteiger partial charge on any atom is 0.290 e. The molecule has 10 heteroatoms. The fraction of sp³-hybridized carbons (Fsp3) is 0.478. The molecule has 1 amide bonds. The number of nitrogens with zero attached hydrogens (tertiary/aromatic N) is 5. The number of halogens is 2. The molecule has 8 nitrogen and oxygen atoms in total. The molecule has 6 rings (SSSR count). The zero-order chi connectivity index (χ0) is 22.7. The van der Waals surface area contributed by atoms with Gasteiger partial charge >= 0.3 is 0 Å². The smallest absolute Gasteiger partial charge is 0.290 e. The number of aryl methyl sites for hydroxylation is 1. The van der Waals surface area contributed by atoms with Crippen molar-refractivity contribution in [2.24, 2.45) is 18.9 Å². The number of rotatable bonds is 6. The molecule has 0 aromatic carbocycles. The number of hydrogen-bond acceptors (Lipinski definition) is 6. The molecule has 33 heavy (non-hydrogen) atoms. The lowest BCUT2D eigenvalue weighted by molar-refractivity contribution is 0.0898. The molecule has 4 heterocycles. The minimum Gasteiger partial charge on any atom is -0.356 e. The number of carbonyl (C=O) groups excluding carboxylic acids is 1. The van der Waals surface area contributed by atoms with Crippen LogP contribution in [-0.4, -0.2) is 38.7 Å². The molecule has 1 aliphatic heterocycles. The standard InChI is InChI=1S/C23H24F2N6O2/c1-30-11-26-21-16(3-4-17(21)30)27-23(32)18-8-15(29-33-18)7-12-2-5-19(28-20(12)22(24)25)31-9-13-6-14(13)10-31/h2,5,8,11,13-14,16,22H,3-4,6-7,9-10H2,1H3,(H,27,32)/t13?,14?,16-/m1/s1. The summed E-state index contributed by atoms with van der Waals surface area (Å²) in [7, 11) is 1.93. The van der Waals surface area contributed by atoms with Gasteiger partial charge in [0.15, 0.2) is 0 Å². The summed E-state index contributed by atoms with van der Waals surface area (Å²) in [4.78, 5) is 23.4. The molecule has 172 valence electrons. The van der Waals surface area contributed by atoms with Gasteiger partial charge in [-0.05, 0) is 42.7 Å². The summed E-state index contributed by atoms with van der Waals surface area (Å²) in [5.41, 5.74) is 2.53. The van der Waals surface area contributed by atoms with E-state index in [9.17, 15) is 13.6 Å². The van der Waals surface area contributed by atoms with Crippen LogP contribution in [0.2, 0.25) is 0 Å². The van der Waals surface area contributed by atoms with Crippen LogP contribution >= 0.6 is 0 Å². The number of nitrogens with one attached hydrogen (secondary N) is 1. The highest BCUT2D eigenvalue weighted by Crippen LogP contribution is 2.46. The van der Waals surface area contributed by atoms with Crippen molar-refractivity contribution in [3.8, 4) is 0 Å². The van der Waals surface area contributed by atoms with Crippen LogP contribution in [0.25, 0.3) is 0 Å². The molecule has 0 bridgehead atoms. The Balaban J connectivity index is 1.15. The molecular formula is C23H24F2N6O2. The van der Waals surface area contributed by atoms with Crippen molar-refractivity contribution in [2.75, 3.05) is 18.0 Å². The maximum absolute atomic E-state index is 13.8. The van der Waals surface area contributed by atoms with Gasteiger partial charge in [0, 0.05) is 38.3 Å². The van der Waals surface area contributed by atoms with Gasteiger partial charge in [0.25, 0.3) is 12.3 Å². The topological polar surface area (TPSA) is 89.1 Å². The Morgan fingerprint density at radius 3 is 2.91 bits per heavy atom. The second-order valence-corrected chi connectivity index (χ2v) is 9.29. The molecule has 3 aromatic heterocycles. The van der Waals surface area contributed by atoms with E-state index in [1.54, 1.807) is 18.5 Å². The van der Waals surface area contributed by atoms with Crippen LogP contribution in [0.5, 0.6) is 0 Å². The Hall–Kier alpha value is -3.30. The van der Waals surface area contributed by atoms with Gasteiger partial charge in [0.05, 0.1) is 23.8 Å². The third kappa shape index (κ3) is 3.67. The normalized spacial score (nSPS) is 23.2. The van der Waals surface area contributed by atoms with Crippen LogP contribution in [0.4, 0.5) is 14.6 Å². The molecule has 0 radical (unpaired) electrons. The Labute approximate surface area is 189 Å². The monoisotopic (exact) mass is 454 g/mol. The number of fused-ring (bicyclic) bond motifs is 2. The van der Waals surface area contributed by atoms with E-state index in [0.717, 1.165) is 37.3 Å². The summed E-state index contributed by atoms with van der Waals surface area (Å²) < 4.78 is 34.7. The molecule has 0 spiro atoms. The molecule has 2 unspecified atom stereocenters. The summed E-state index contributed by atoms with van der Waals surface area (Å²) in [6, 6.07) is 4.80. The van der Waals surface area contributed by atoms with Crippen molar-refractivity contribution in [3.63, 3.8) is 0 Å². The predicted molar refractivity (Wildman–Crippen MR) is 114 cm³/mol. The molecule has 1 saturated carbocycles. The Morgan fingerprint density at radius 2 is 2.12 bits per heavy atom. The molecule has 3 aromatic rings. The van der Waals surface area contributed by atoms with Crippen molar-refractivity contribution in [1.82, 2.24) is 25.0 Å². The average Bonchev–Trinajstić information content (AvgIpc) is 3.27. The first-order valence-corrected chi connectivity index (χ1v) is 11.3. The maximum atomic E-state index is 13.8. The lowest BCUT2D eigenvalue weighted by atomic mass is 10.1. The number of hydrogen-bond donors (Lipinski definition) is 1. The van der Waals surface area contributed by atoms with Crippen LogP contribution in [0, 0.1) is 11.8 Å². The van der Waals surface area contributed by atoms with Gasteiger partial charge in [0.1, 0.15) is 11.5 Å². The fourth-order valence-electron chi connectivity index (χ4n) is 5.15. The summed E-state index contributed by atoms with van der Waals surface area (Å²) in [5, 5.41) is 6.86. The van der Waals surface area contributed by atoms with E-state index in [-0.39, 0.29) is 23.9 Å². The number of imidazole rings is 1. The Morgan fingerprint density at radius 1 is 1.30 bits per heavy atom. The zero-order valence-corrected chi connectivity index (χ0v) is 18.2. The summed E-state index contributed by atoms with van der Waals surface area (Å²) >= 11 is 0. The van der Waals surface area contributed by atoms with Crippen molar-refractivity contribution < 1.29 is 18.1 Å². The third-order valence-corrected chi connectivity index (χ3v) is 7.06. The van der Waals surface area contributed by atoms with Gasteiger partial charge in [-0.15, -0.1) is 0 Å². The largest absolute Gasteiger partial charge is 0.356 e. The molecule has 2 fully saturated rings. The SMILES string of the molecule is Cn1cnc2c1CC[C@H]2NC(=O)c1cc(Cc2ccc(N3CC4CC4C3)nc2C(F)F)no1. The van der Waals surface area contributed by atoms with Gasteiger partial charge in [-0.1, -0.05) is 11.2 Å².